The van der Waals surface area contributed by atoms with Gasteiger partial charge < -0.3 is 15.7 Å². The monoisotopic (exact) mass is 388 g/mol. The standard InChI is InChI=1S/C19H24N4O3S/c1-23-10-15(17(22-23)16-3-2-6-27-16)19(26)21-13-5-4-12(9-13)20-18(25)11-7-14(24)8-11/h2-3,6,10-14,24H,4-5,7-9H2,1H3,(H,20,25)(H,21,26)/t11?,12-,13+,14?/m0/s1. The highest BCUT2D eigenvalue weighted by atomic mass is 32.1. The molecule has 2 fully saturated rings. The summed E-state index contributed by atoms with van der Waals surface area (Å²) in [7, 11) is 1.81. The predicted octanol–water partition coefficient (Wildman–Crippen LogP) is 1.69. The molecule has 2 amide bonds. The summed E-state index contributed by atoms with van der Waals surface area (Å²) in [6, 6.07) is 4.04. The second-order valence-corrected chi connectivity index (χ2v) is 8.50. The molecule has 0 bridgehead atoms. The molecular formula is C19H24N4O3S. The molecule has 7 nitrogen and oxygen atoms in total. The van der Waals surface area contributed by atoms with Crippen molar-refractivity contribution >= 4 is 23.2 Å². The Kier molecular flexibility index (Phi) is 5.01. The van der Waals surface area contributed by atoms with Gasteiger partial charge in [-0.2, -0.15) is 5.10 Å². The van der Waals surface area contributed by atoms with Gasteiger partial charge in [-0.25, -0.2) is 0 Å². The number of carbonyl (C=O) groups is 2. The molecule has 2 saturated carbocycles. The Morgan fingerprint density at radius 3 is 2.63 bits per heavy atom. The van der Waals surface area contributed by atoms with Gasteiger partial charge in [0.15, 0.2) is 0 Å². The van der Waals surface area contributed by atoms with Crippen LogP contribution >= 0.6 is 11.3 Å². The van der Waals surface area contributed by atoms with Crippen LogP contribution in [0.3, 0.4) is 0 Å². The van der Waals surface area contributed by atoms with Gasteiger partial charge in [-0.1, -0.05) is 6.07 Å². The van der Waals surface area contributed by atoms with Crippen molar-refractivity contribution in [2.75, 3.05) is 0 Å². The Bertz CT molecular complexity index is 826. The number of aryl methyl sites for hydroxylation is 1. The Hall–Kier alpha value is -2.19. The fraction of sp³-hybridized carbons (Fsp3) is 0.526. The quantitative estimate of drug-likeness (QED) is 0.726. The lowest BCUT2D eigenvalue weighted by Crippen LogP contribution is -2.45. The molecular weight excluding hydrogens is 364 g/mol. The van der Waals surface area contributed by atoms with E-state index in [-0.39, 0.29) is 35.9 Å². The summed E-state index contributed by atoms with van der Waals surface area (Å²) >= 11 is 1.56. The van der Waals surface area contributed by atoms with Gasteiger partial charge in [0.1, 0.15) is 5.69 Å². The second-order valence-electron chi connectivity index (χ2n) is 7.55. The van der Waals surface area contributed by atoms with Crippen molar-refractivity contribution in [3.8, 4) is 10.6 Å². The number of aliphatic hydroxyl groups is 1. The van der Waals surface area contributed by atoms with Crippen LogP contribution in [0.1, 0.15) is 42.5 Å². The zero-order valence-electron chi connectivity index (χ0n) is 15.2. The number of hydrogen-bond donors (Lipinski definition) is 3. The molecule has 2 atom stereocenters. The highest BCUT2D eigenvalue weighted by Crippen LogP contribution is 2.29. The van der Waals surface area contributed by atoms with E-state index >= 15 is 0 Å². The van der Waals surface area contributed by atoms with Crippen molar-refractivity contribution < 1.29 is 14.7 Å². The molecule has 3 N–H and O–H groups in total. The molecule has 0 aromatic carbocycles. The fourth-order valence-electron chi connectivity index (χ4n) is 3.88. The van der Waals surface area contributed by atoms with Crippen molar-refractivity contribution in [1.82, 2.24) is 20.4 Å². The van der Waals surface area contributed by atoms with Gasteiger partial charge in [-0.15, -0.1) is 11.3 Å². The highest BCUT2D eigenvalue weighted by molar-refractivity contribution is 7.13. The molecule has 4 rings (SSSR count). The molecule has 2 aromatic rings. The lowest BCUT2D eigenvalue weighted by atomic mass is 9.81. The van der Waals surface area contributed by atoms with Crippen molar-refractivity contribution in [2.45, 2.75) is 50.3 Å². The zero-order chi connectivity index (χ0) is 19.0. The van der Waals surface area contributed by atoms with Gasteiger partial charge in [0.2, 0.25) is 5.91 Å². The summed E-state index contributed by atoms with van der Waals surface area (Å²) in [4.78, 5) is 25.9. The minimum Gasteiger partial charge on any atom is -0.393 e. The number of carbonyl (C=O) groups excluding carboxylic acids is 2. The minimum atomic E-state index is -0.326. The van der Waals surface area contributed by atoms with Crippen molar-refractivity contribution in [2.24, 2.45) is 13.0 Å². The molecule has 2 aromatic heterocycles. The van der Waals surface area contributed by atoms with Gasteiger partial charge in [0.25, 0.3) is 5.91 Å². The maximum Gasteiger partial charge on any atom is 0.255 e. The van der Waals surface area contributed by atoms with Crippen LogP contribution in [0, 0.1) is 5.92 Å². The first-order valence-electron chi connectivity index (χ1n) is 9.36. The maximum absolute atomic E-state index is 12.8. The second kappa shape index (κ2) is 7.44. The molecule has 2 aliphatic rings. The number of amides is 2. The molecule has 0 radical (unpaired) electrons. The Morgan fingerprint density at radius 2 is 1.96 bits per heavy atom. The summed E-state index contributed by atoms with van der Waals surface area (Å²) in [5.74, 6) is -0.146. The first-order chi connectivity index (χ1) is 13.0. The Labute approximate surface area is 161 Å². The maximum atomic E-state index is 12.8. The number of hydrogen-bond acceptors (Lipinski definition) is 5. The van der Waals surface area contributed by atoms with Crippen LogP contribution in [0.4, 0.5) is 0 Å². The number of aromatic nitrogens is 2. The van der Waals surface area contributed by atoms with Crippen LogP contribution in [-0.2, 0) is 11.8 Å². The lowest BCUT2D eigenvalue weighted by molar-refractivity contribution is -0.132. The largest absolute Gasteiger partial charge is 0.393 e. The van der Waals surface area contributed by atoms with Crippen LogP contribution in [0.5, 0.6) is 0 Å². The van der Waals surface area contributed by atoms with E-state index < -0.39 is 0 Å². The smallest absolute Gasteiger partial charge is 0.255 e. The molecule has 0 unspecified atom stereocenters. The van der Waals surface area contributed by atoms with Crippen LogP contribution in [0.25, 0.3) is 10.6 Å². The molecule has 144 valence electrons. The van der Waals surface area contributed by atoms with Gasteiger partial charge in [0.05, 0.1) is 16.5 Å². The van der Waals surface area contributed by atoms with E-state index in [1.54, 1.807) is 22.2 Å². The van der Waals surface area contributed by atoms with Crippen molar-refractivity contribution in [1.29, 1.82) is 0 Å². The van der Waals surface area contributed by atoms with Crippen molar-refractivity contribution in [3.63, 3.8) is 0 Å². The molecule has 0 spiro atoms. The minimum absolute atomic E-state index is 0.0320. The van der Waals surface area contributed by atoms with E-state index in [1.165, 1.54) is 0 Å². The number of aliphatic hydroxyl groups excluding tert-OH is 1. The normalized spacial score (nSPS) is 27.2. The van der Waals surface area contributed by atoms with Crippen molar-refractivity contribution in [3.05, 3.63) is 29.3 Å². The van der Waals surface area contributed by atoms with Gasteiger partial charge in [-0.05, 0) is 43.6 Å². The predicted molar refractivity (Wildman–Crippen MR) is 102 cm³/mol. The van der Waals surface area contributed by atoms with E-state index in [0.29, 0.717) is 24.1 Å². The summed E-state index contributed by atoms with van der Waals surface area (Å²) in [6.45, 7) is 0. The first kappa shape index (κ1) is 18.2. The first-order valence-corrected chi connectivity index (χ1v) is 10.2. The van der Waals surface area contributed by atoms with Gasteiger partial charge in [-0.3, -0.25) is 14.3 Å². The zero-order valence-corrected chi connectivity index (χ0v) is 16.0. The average Bonchev–Trinajstić information content (AvgIpc) is 3.32. The lowest BCUT2D eigenvalue weighted by Gasteiger charge is -2.31. The molecule has 0 saturated heterocycles. The summed E-state index contributed by atoms with van der Waals surface area (Å²) in [6.07, 6.45) is 4.99. The van der Waals surface area contributed by atoms with Crippen LogP contribution in [-0.4, -0.2) is 44.9 Å². The van der Waals surface area contributed by atoms with Crippen LogP contribution in [0.2, 0.25) is 0 Å². The van der Waals surface area contributed by atoms with Gasteiger partial charge >= 0.3 is 0 Å². The average molecular weight is 388 g/mol. The SMILES string of the molecule is Cn1cc(C(=O)N[C@@H]2CC[C@H](NC(=O)C3CC(O)C3)C2)c(-c2cccs2)n1. The summed E-state index contributed by atoms with van der Waals surface area (Å²) < 4.78 is 1.66. The summed E-state index contributed by atoms with van der Waals surface area (Å²) in [5, 5.41) is 21.9. The van der Waals surface area contributed by atoms with E-state index in [1.807, 2.05) is 24.6 Å². The molecule has 2 aliphatic carbocycles. The molecule has 27 heavy (non-hydrogen) atoms. The Balaban J connectivity index is 1.34. The van der Waals surface area contributed by atoms with Crippen LogP contribution in [0.15, 0.2) is 23.7 Å². The molecule has 2 heterocycles. The summed E-state index contributed by atoms with van der Waals surface area (Å²) in [5.41, 5.74) is 1.28. The third kappa shape index (κ3) is 3.91. The van der Waals surface area contributed by atoms with Gasteiger partial charge in [0, 0.05) is 31.2 Å². The number of rotatable bonds is 5. The van der Waals surface area contributed by atoms with E-state index in [0.717, 1.165) is 24.1 Å². The van der Waals surface area contributed by atoms with Crippen LogP contribution < -0.4 is 10.6 Å². The number of nitrogens with one attached hydrogen (secondary N) is 2. The third-order valence-electron chi connectivity index (χ3n) is 5.43. The highest BCUT2D eigenvalue weighted by Gasteiger charge is 2.35. The van der Waals surface area contributed by atoms with E-state index in [9.17, 15) is 14.7 Å². The topological polar surface area (TPSA) is 96.2 Å². The molecule has 0 aliphatic heterocycles. The fourth-order valence-corrected chi connectivity index (χ4v) is 4.60. The van der Waals surface area contributed by atoms with E-state index in [2.05, 4.69) is 15.7 Å². The van der Waals surface area contributed by atoms with E-state index in [4.69, 9.17) is 0 Å². The number of nitrogens with zero attached hydrogens (tertiary/aromatic N) is 2. The molecule has 8 heteroatoms. The third-order valence-corrected chi connectivity index (χ3v) is 6.30. The number of thiophene rings is 1. The Morgan fingerprint density at radius 1 is 1.22 bits per heavy atom.